The Bertz CT molecular complexity index is 807. The lowest BCUT2D eigenvalue weighted by atomic mass is 10.2. The Hall–Kier alpha value is -2.84. The van der Waals surface area contributed by atoms with Crippen molar-refractivity contribution in [2.75, 3.05) is 5.32 Å². The molecule has 2 rings (SSSR count). The Kier molecular flexibility index (Phi) is 4.68. The molecule has 0 unspecified atom stereocenters. The van der Waals surface area contributed by atoms with Crippen molar-refractivity contribution in [3.8, 4) is 0 Å². The SMILES string of the molecule is O=C(CCn1[nH]c(=O)ccc1=O)Nc1ccc(C(F)(F)F)cc1. The summed E-state index contributed by atoms with van der Waals surface area (Å²) in [7, 11) is 0. The Morgan fingerprint density at radius 2 is 1.74 bits per heavy atom. The van der Waals surface area contributed by atoms with Gasteiger partial charge in [0.2, 0.25) is 5.91 Å². The van der Waals surface area contributed by atoms with Crippen LogP contribution in [-0.2, 0) is 17.5 Å². The Balaban J connectivity index is 1.96. The van der Waals surface area contributed by atoms with Gasteiger partial charge in [-0.25, -0.2) is 4.68 Å². The molecule has 0 atom stereocenters. The second kappa shape index (κ2) is 6.51. The number of hydrogen-bond acceptors (Lipinski definition) is 3. The first kappa shape index (κ1) is 16.5. The van der Waals surface area contributed by atoms with E-state index in [2.05, 4.69) is 10.4 Å². The number of nitrogens with zero attached hydrogens (tertiary/aromatic N) is 1. The summed E-state index contributed by atoms with van der Waals surface area (Å²) >= 11 is 0. The van der Waals surface area contributed by atoms with E-state index in [1.807, 2.05) is 0 Å². The fraction of sp³-hybridized carbons (Fsp3) is 0.214. The van der Waals surface area contributed by atoms with Gasteiger partial charge in [0.05, 0.1) is 12.1 Å². The van der Waals surface area contributed by atoms with Crippen molar-refractivity contribution >= 4 is 11.6 Å². The van der Waals surface area contributed by atoms with Crippen LogP contribution in [0, 0.1) is 0 Å². The zero-order valence-corrected chi connectivity index (χ0v) is 11.7. The maximum Gasteiger partial charge on any atom is 0.416 e. The Morgan fingerprint density at radius 3 is 2.35 bits per heavy atom. The van der Waals surface area contributed by atoms with Crippen LogP contribution in [-0.4, -0.2) is 15.7 Å². The largest absolute Gasteiger partial charge is 0.416 e. The summed E-state index contributed by atoms with van der Waals surface area (Å²) in [6, 6.07) is 6.13. The minimum absolute atomic E-state index is 0.0542. The lowest BCUT2D eigenvalue weighted by Gasteiger charge is -2.09. The first-order chi connectivity index (χ1) is 10.8. The smallest absolute Gasteiger partial charge is 0.326 e. The minimum Gasteiger partial charge on any atom is -0.326 e. The summed E-state index contributed by atoms with van der Waals surface area (Å²) in [6.07, 6.45) is -4.57. The number of carbonyl (C=O) groups is 1. The highest BCUT2D eigenvalue weighted by atomic mass is 19.4. The van der Waals surface area contributed by atoms with Crippen LogP contribution in [0.5, 0.6) is 0 Å². The molecule has 6 nitrogen and oxygen atoms in total. The van der Waals surface area contributed by atoms with E-state index in [0.717, 1.165) is 41.1 Å². The first-order valence-electron chi connectivity index (χ1n) is 6.53. The van der Waals surface area contributed by atoms with E-state index in [4.69, 9.17) is 0 Å². The summed E-state index contributed by atoms with van der Waals surface area (Å²) in [4.78, 5) is 34.2. The molecular formula is C14H12F3N3O3. The van der Waals surface area contributed by atoms with Crippen LogP contribution in [0.1, 0.15) is 12.0 Å². The fourth-order valence-electron chi connectivity index (χ4n) is 1.81. The van der Waals surface area contributed by atoms with Crippen LogP contribution in [0.25, 0.3) is 0 Å². The molecule has 23 heavy (non-hydrogen) atoms. The van der Waals surface area contributed by atoms with Crippen molar-refractivity contribution in [2.24, 2.45) is 0 Å². The van der Waals surface area contributed by atoms with Crippen molar-refractivity contribution in [1.82, 2.24) is 9.78 Å². The Labute approximate surface area is 127 Å². The predicted octanol–water partition coefficient (Wildman–Crippen LogP) is 1.58. The van der Waals surface area contributed by atoms with Gasteiger partial charge in [-0.15, -0.1) is 0 Å². The minimum atomic E-state index is -4.44. The van der Waals surface area contributed by atoms with E-state index >= 15 is 0 Å². The zero-order valence-electron chi connectivity index (χ0n) is 11.7. The Morgan fingerprint density at radius 1 is 1.09 bits per heavy atom. The van der Waals surface area contributed by atoms with Crippen LogP contribution >= 0.6 is 0 Å². The van der Waals surface area contributed by atoms with Crippen LogP contribution in [0.15, 0.2) is 46.0 Å². The number of benzene rings is 1. The lowest BCUT2D eigenvalue weighted by Crippen LogP contribution is -2.29. The molecule has 0 aliphatic carbocycles. The molecule has 1 amide bonds. The predicted molar refractivity (Wildman–Crippen MR) is 76.0 cm³/mol. The van der Waals surface area contributed by atoms with Gasteiger partial charge in [-0.2, -0.15) is 13.2 Å². The number of nitrogens with one attached hydrogen (secondary N) is 2. The average molecular weight is 327 g/mol. The third-order valence-electron chi connectivity index (χ3n) is 2.95. The van der Waals surface area contributed by atoms with Crippen LogP contribution in [0.4, 0.5) is 18.9 Å². The molecule has 122 valence electrons. The van der Waals surface area contributed by atoms with E-state index in [1.54, 1.807) is 0 Å². The highest BCUT2D eigenvalue weighted by Gasteiger charge is 2.29. The number of anilines is 1. The molecule has 1 aromatic heterocycles. The molecule has 0 aliphatic rings. The number of halogens is 3. The normalized spacial score (nSPS) is 11.3. The van der Waals surface area contributed by atoms with Crippen LogP contribution < -0.4 is 16.4 Å². The van der Waals surface area contributed by atoms with Crippen molar-refractivity contribution < 1.29 is 18.0 Å². The highest BCUT2D eigenvalue weighted by molar-refractivity contribution is 5.90. The zero-order chi connectivity index (χ0) is 17.0. The van der Waals surface area contributed by atoms with Crippen molar-refractivity contribution in [2.45, 2.75) is 19.1 Å². The quantitative estimate of drug-likeness (QED) is 0.894. The topological polar surface area (TPSA) is 84.0 Å². The first-order valence-corrected chi connectivity index (χ1v) is 6.53. The number of carbonyl (C=O) groups excluding carboxylic acids is 1. The van der Waals surface area contributed by atoms with Crippen molar-refractivity contribution in [3.63, 3.8) is 0 Å². The highest BCUT2D eigenvalue weighted by Crippen LogP contribution is 2.29. The molecule has 1 aromatic carbocycles. The molecular weight excluding hydrogens is 315 g/mol. The molecule has 0 saturated carbocycles. The number of rotatable bonds is 4. The number of alkyl halides is 3. The van der Waals surface area contributed by atoms with Gasteiger partial charge < -0.3 is 5.32 Å². The van der Waals surface area contributed by atoms with Gasteiger partial charge in [-0.3, -0.25) is 19.5 Å². The summed E-state index contributed by atoms with van der Waals surface area (Å²) in [6.45, 7) is -0.0542. The average Bonchev–Trinajstić information content (AvgIpc) is 2.48. The number of aryl methyl sites for hydroxylation is 1. The van der Waals surface area contributed by atoms with Crippen molar-refractivity contribution in [3.05, 3.63) is 62.7 Å². The van der Waals surface area contributed by atoms with Gasteiger partial charge in [0.15, 0.2) is 0 Å². The molecule has 0 bridgehead atoms. The molecule has 0 spiro atoms. The van der Waals surface area contributed by atoms with Gasteiger partial charge in [0, 0.05) is 24.2 Å². The van der Waals surface area contributed by atoms with Gasteiger partial charge in [-0.05, 0) is 24.3 Å². The molecule has 9 heteroatoms. The second-order valence-corrected chi connectivity index (χ2v) is 4.67. The number of aromatic amines is 1. The summed E-state index contributed by atoms with van der Waals surface area (Å²) < 4.78 is 38.2. The van der Waals surface area contributed by atoms with Gasteiger partial charge in [-0.1, -0.05) is 0 Å². The maximum atomic E-state index is 12.4. The van der Waals surface area contributed by atoms with Gasteiger partial charge in [0.25, 0.3) is 11.1 Å². The molecule has 2 N–H and O–H groups in total. The standard InChI is InChI=1S/C14H12F3N3O3/c15-14(16,17)9-1-3-10(4-2-9)18-11(21)7-8-20-13(23)6-5-12(22)19-20/h1-6H,7-8H2,(H,18,21)(H,19,22). The number of aromatic nitrogens is 2. The van der Waals surface area contributed by atoms with E-state index in [0.29, 0.717) is 0 Å². The molecule has 0 aliphatic heterocycles. The van der Waals surface area contributed by atoms with Gasteiger partial charge in [0.1, 0.15) is 0 Å². The molecule has 0 saturated heterocycles. The van der Waals surface area contributed by atoms with E-state index in [1.165, 1.54) is 0 Å². The van der Waals surface area contributed by atoms with Crippen molar-refractivity contribution in [1.29, 1.82) is 0 Å². The lowest BCUT2D eigenvalue weighted by molar-refractivity contribution is -0.137. The third kappa shape index (κ3) is 4.56. The third-order valence-corrected chi connectivity index (χ3v) is 2.95. The molecule has 2 aromatic rings. The van der Waals surface area contributed by atoms with Crippen LogP contribution in [0.2, 0.25) is 0 Å². The summed E-state index contributed by atoms with van der Waals surface area (Å²) in [5, 5.41) is 4.67. The van der Waals surface area contributed by atoms with Gasteiger partial charge >= 0.3 is 6.18 Å². The van der Waals surface area contributed by atoms with Crippen LogP contribution in [0.3, 0.4) is 0 Å². The maximum absolute atomic E-state index is 12.4. The second-order valence-electron chi connectivity index (χ2n) is 4.67. The number of H-pyrrole nitrogens is 1. The monoisotopic (exact) mass is 327 g/mol. The van der Waals surface area contributed by atoms with E-state index < -0.39 is 28.8 Å². The summed E-state index contributed by atoms with van der Waals surface area (Å²) in [5.74, 6) is -0.499. The molecule has 0 fully saturated rings. The molecule has 0 radical (unpaired) electrons. The number of hydrogen-bond donors (Lipinski definition) is 2. The summed E-state index contributed by atoms with van der Waals surface area (Å²) in [5.41, 5.74) is -1.56. The molecule has 1 heterocycles. The fourth-order valence-corrected chi connectivity index (χ4v) is 1.81. The van der Waals surface area contributed by atoms with E-state index in [9.17, 15) is 27.6 Å². The van der Waals surface area contributed by atoms with E-state index in [-0.39, 0.29) is 18.7 Å². The number of amides is 1.